The molecule has 106 valence electrons. The molecular weight excluding hydrogens is 301 g/mol. The van der Waals surface area contributed by atoms with Crippen LogP contribution in [0.1, 0.15) is 29.5 Å². The van der Waals surface area contributed by atoms with Crippen molar-refractivity contribution in [3.63, 3.8) is 0 Å². The van der Waals surface area contributed by atoms with E-state index in [2.05, 4.69) is 18.2 Å². The average Bonchev–Trinajstić information content (AvgIpc) is 2.51. The molecule has 0 bridgehead atoms. The SMILES string of the molecule is N#CC1(Cc2ccc(Cl)c(Cl)c2)CCCc2ccccc21. The van der Waals surface area contributed by atoms with Crippen LogP contribution in [0.4, 0.5) is 0 Å². The van der Waals surface area contributed by atoms with Crippen molar-refractivity contribution in [3.8, 4) is 6.07 Å². The average molecular weight is 316 g/mol. The van der Waals surface area contributed by atoms with Crippen LogP contribution in [0.5, 0.6) is 0 Å². The first-order chi connectivity index (χ1) is 10.1. The molecule has 0 heterocycles. The highest BCUT2D eigenvalue weighted by atomic mass is 35.5. The number of nitrogens with zero attached hydrogens (tertiary/aromatic N) is 1. The Hall–Kier alpha value is -1.49. The Morgan fingerprint density at radius 2 is 1.90 bits per heavy atom. The fraction of sp³-hybridized carbons (Fsp3) is 0.278. The summed E-state index contributed by atoms with van der Waals surface area (Å²) in [7, 11) is 0. The van der Waals surface area contributed by atoms with Crippen molar-refractivity contribution in [2.45, 2.75) is 31.1 Å². The maximum absolute atomic E-state index is 9.86. The van der Waals surface area contributed by atoms with Gasteiger partial charge in [0.1, 0.15) is 0 Å². The van der Waals surface area contributed by atoms with Crippen LogP contribution < -0.4 is 0 Å². The van der Waals surface area contributed by atoms with Gasteiger partial charge in [-0.3, -0.25) is 0 Å². The van der Waals surface area contributed by atoms with Gasteiger partial charge in [-0.05, 0) is 54.5 Å². The Morgan fingerprint density at radius 1 is 1.10 bits per heavy atom. The summed E-state index contributed by atoms with van der Waals surface area (Å²) in [6.45, 7) is 0. The van der Waals surface area contributed by atoms with Gasteiger partial charge in [0.25, 0.3) is 0 Å². The van der Waals surface area contributed by atoms with Crippen LogP contribution in [0.15, 0.2) is 42.5 Å². The second-order valence-corrected chi connectivity index (χ2v) is 6.44. The lowest BCUT2D eigenvalue weighted by atomic mass is 9.68. The fourth-order valence-corrected chi connectivity index (χ4v) is 3.58. The molecule has 0 amide bonds. The second-order valence-electron chi connectivity index (χ2n) is 5.63. The van der Waals surface area contributed by atoms with Crippen LogP contribution in [0.25, 0.3) is 0 Å². The van der Waals surface area contributed by atoms with E-state index in [1.54, 1.807) is 6.07 Å². The van der Waals surface area contributed by atoms with Gasteiger partial charge in [-0.1, -0.05) is 53.5 Å². The van der Waals surface area contributed by atoms with Gasteiger partial charge >= 0.3 is 0 Å². The highest BCUT2D eigenvalue weighted by Gasteiger charge is 2.36. The number of nitriles is 1. The molecule has 1 atom stereocenters. The van der Waals surface area contributed by atoms with Crippen LogP contribution >= 0.6 is 23.2 Å². The van der Waals surface area contributed by atoms with Gasteiger partial charge in [0.05, 0.1) is 21.5 Å². The number of hydrogen-bond acceptors (Lipinski definition) is 1. The maximum Gasteiger partial charge on any atom is 0.0865 e. The summed E-state index contributed by atoms with van der Waals surface area (Å²) in [5, 5.41) is 11.0. The fourth-order valence-electron chi connectivity index (χ4n) is 3.26. The van der Waals surface area contributed by atoms with E-state index in [0.717, 1.165) is 24.8 Å². The molecule has 1 aliphatic rings. The first-order valence-corrected chi connectivity index (χ1v) is 7.84. The summed E-state index contributed by atoms with van der Waals surface area (Å²) in [5.74, 6) is 0. The number of hydrogen-bond donors (Lipinski definition) is 0. The summed E-state index contributed by atoms with van der Waals surface area (Å²) < 4.78 is 0. The van der Waals surface area contributed by atoms with Crippen molar-refractivity contribution in [2.75, 3.05) is 0 Å². The molecule has 0 fully saturated rings. The van der Waals surface area contributed by atoms with E-state index >= 15 is 0 Å². The number of rotatable bonds is 2. The summed E-state index contributed by atoms with van der Waals surface area (Å²) in [6.07, 6.45) is 3.67. The third kappa shape index (κ3) is 2.67. The lowest BCUT2D eigenvalue weighted by Crippen LogP contribution is -2.31. The Kier molecular flexibility index (Phi) is 3.93. The van der Waals surface area contributed by atoms with Gasteiger partial charge in [-0.15, -0.1) is 0 Å². The van der Waals surface area contributed by atoms with Gasteiger partial charge in [-0.2, -0.15) is 5.26 Å². The molecule has 21 heavy (non-hydrogen) atoms. The molecule has 0 saturated heterocycles. The van der Waals surface area contributed by atoms with Gasteiger partial charge in [0.15, 0.2) is 0 Å². The van der Waals surface area contributed by atoms with Crippen LogP contribution in [0, 0.1) is 11.3 Å². The van der Waals surface area contributed by atoms with E-state index in [1.165, 1.54) is 11.1 Å². The summed E-state index contributed by atoms with van der Waals surface area (Å²) in [6, 6.07) is 16.5. The molecule has 0 radical (unpaired) electrons. The summed E-state index contributed by atoms with van der Waals surface area (Å²) >= 11 is 12.1. The van der Waals surface area contributed by atoms with Crippen LogP contribution in [-0.4, -0.2) is 0 Å². The Morgan fingerprint density at radius 3 is 2.67 bits per heavy atom. The molecule has 0 aliphatic heterocycles. The third-order valence-electron chi connectivity index (χ3n) is 4.29. The van der Waals surface area contributed by atoms with Crippen molar-refractivity contribution < 1.29 is 0 Å². The number of fused-ring (bicyclic) bond motifs is 1. The molecular formula is C18H15Cl2N. The highest BCUT2D eigenvalue weighted by molar-refractivity contribution is 6.42. The van der Waals surface area contributed by atoms with E-state index in [1.807, 2.05) is 24.3 Å². The first-order valence-electron chi connectivity index (χ1n) is 7.08. The lowest BCUT2D eigenvalue weighted by molar-refractivity contribution is 0.450. The first kappa shape index (κ1) is 14.4. The molecule has 1 nitrogen and oxygen atoms in total. The predicted molar refractivity (Wildman–Crippen MR) is 86.8 cm³/mol. The topological polar surface area (TPSA) is 23.8 Å². The van der Waals surface area contributed by atoms with Crippen molar-refractivity contribution >= 4 is 23.2 Å². The quantitative estimate of drug-likeness (QED) is 0.734. The predicted octanol–water partition coefficient (Wildman–Crippen LogP) is 5.33. The Balaban J connectivity index is 2.02. The van der Waals surface area contributed by atoms with E-state index in [0.29, 0.717) is 16.5 Å². The summed E-state index contributed by atoms with van der Waals surface area (Å²) in [5.41, 5.74) is 3.07. The van der Waals surface area contributed by atoms with Crippen LogP contribution in [0.3, 0.4) is 0 Å². The maximum atomic E-state index is 9.86. The van der Waals surface area contributed by atoms with E-state index in [4.69, 9.17) is 23.2 Å². The molecule has 0 spiro atoms. The van der Waals surface area contributed by atoms with Crippen LogP contribution in [-0.2, 0) is 18.3 Å². The normalized spacial score (nSPS) is 20.6. The zero-order chi connectivity index (χ0) is 14.9. The highest BCUT2D eigenvalue weighted by Crippen LogP contribution is 2.40. The standard InChI is InChI=1S/C18H15Cl2N/c19-16-8-7-13(10-17(16)20)11-18(12-21)9-3-5-14-4-1-2-6-15(14)18/h1-2,4,6-8,10H,3,5,9,11H2. The zero-order valence-corrected chi connectivity index (χ0v) is 13.1. The molecule has 0 saturated carbocycles. The molecule has 1 unspecified atom stereocenters. The minimum absolute atomic E-state index is 0.452. The van der Waals surface area contributed by atoms with Gasteiger partial charge in [-0.25, -0.2) is 0 Å². The van der Waals surface area contributed by atoms with Crippen molar-refractivity contribution in [2.24, 2.45) is 0 Å². The molecule has 0 N–H and O–H groups in total. The smallest absolute Gasteiger partial charge is 0.0865 e. The monoisotopic (exact) mass is 315 g/mol. The van der Waals surface area contributed by atoms with Crippen LogP contribution in [0.2, 0.25) is 10.0 Å². The van der Waals surface area contributed by atoms with Gasteiger partial charge < -0.3 is 0 Å². The molecule has 1 aliphatic carbocycles. The number of benzene rings is 2. The molecule has 3 heteroatoms. The Bertz CT molecular complexity index is 717. The third-order valence-corrected chi connectivity index (χ3v) is 5.03. The van der Waals surface area contributed by atoms with E-state index < -0.39 is 5.41 Å². The van der Waals surface area contributed by atoms with Crippen molar-refractivity contribution in [1.82, 2.24) is 0 Å². The molecule has 2 aromatic rings. The summed E-state index contributed by atoms with van der Waals surface area (Å²) in [4.78, 5) is 0. The lowest BCUT2D eigenvalue weighted by Gasteiger charge is -2.33. The second kappa shape index (κ2) is 5.72. The number of halogens is 2. The zero-order valence-electron chi connectivity index (χ0n) is 11.6. The molecule has 3 rings (SSSR count). The number of aryl methyl sites for hydroxylation is 1. The molecule has 2 aromatic carbocycles. The van der Waals surface area contributed by atoms with Crippen molar-refractivity contribution in [3.05, 3.63) is 69.2 Å². The minimum atomic E-state index is -0.452. The Labute approximate surface area is 135 Å². The molecule has 0 aromatic heterocycles. The van der Waals surface area contributed by atoms with Gasteiger partial charge in [0, 0.05) is 0 Å². The van der Waals surface area contributed by atoms with Gasteiger partial charge in [0.2, 0.25) is 0 Å². The van der Waals surface area contributed by atoms with Crippen molar-refractivity contribution in [1.29, 1.82) is 5.26 Å². The largest absolute Gasteiger partial charge is 0.197 e. The minimum Gasteiger partial charge on any atom is -0.197 e. The van der Waals surface area contributed by atoms with E-state index in [-0.39, 0.29) is 0 Å². The van der Waals surface area contributed by atoms with E-state index in [9.17, 15) is 5.26 Å².